The molecule has 2 rings (SSSR count). The zero-order chi connectivity index (χ0) is 11.5. The summed E-state index contributed by atoms with van der Waals surface area (Å²) in [6.45, 7) is 0.424. The second-order valence-electron chi connectivity index (χ2n) is 3.30. The largest absolute Gasteiger partial charge is 0.378 e. The van der Waals surface area contributed by atoms with Crippen LogP contribution in [0.2, 0.25) is 5.15 Å². The van der Waals surface area contributed by atoms with Crippen LogP contribution in [-0.2, 0) is 17.8 Å². The van der Waals surface area contributed by atoms with Gasteiger partial charge in [-0.25, -0.2) is 9.50 Å². The lowest BCUT2D eigenvalue weighted by Gasteiger charge is -2.10. The fourth-order valence-corrected chi connectivity index (χ4v) is 2.11. The van der Waals surface area contributed by atoms with Gasteiger partial charge in [-0.3, -0.25) is 0 Å². The van der Waals surface area contributed by atoms with E-state index in [9.17, 15) is 0 Å². The topological polar surface area (TPSA) is 39.4 Å². The molecule has 0 radical (unpaired) electrons. The quantitative estimate of drug-likeness (QED) is 0.625. The Kier molecular flexibility index (Phi) is 3.63. The Morgan fingerprint density at radius 1 is 1.50 bits per heavy atom. The monoisotopic (exact) mass is 259 g/mol. The van der Waals surface area contributed by atoms with Crippen LogP contribution in [0.25, 0.3) is 5.65 Å². The first-order valence-electron chi connectivity index (χ1n) is 4.83. The van der Waals surface area contributed by atoms with E-state index in [2.05, 4.69) is 10.1 Å². The maximum absolute atomic E-state index is 6.25. The van der Waals surface area contributed by atoms with E-state index in [-0.39, 0.29) is 0 Å². The van der Waals surface area contributed by atoms with Crippen molar-refractivity contribution in [2.24, 2.45) is 0 Å². The molecule has 0 fully saturated rings. The number of fused-ring (bicyclic) bond motifs is 1. The maximum atomic E-state index is 6.25. The van der Waals surface area contributed by atoms with Crippen LogP contribution in [0.15, 0.2) is 12.3 Å². The molecule has 16 heavy (non-hydrogen) atoms. The summed E-state index contributed by atoms with van der Waals surface area (Å²) in [5.74, 6) is 0.491. The number of methoxy groups -OCH3 is 1. The molecule has 2 aromatic rings. The molecule has 0 saturated carbocycles. The van der Waals surface area contributed by atoms with Crippen LogP contribution < -0.4 is 0 Å². The Morgan fingerprint density at radius 2 is 2.31 bits per heavy atom. The van der Waals surface area contributed by atoms with Gasteiger partial charge in [0.15, 0.2) is 5.65 Å². The Bertz CT molecular complexity index is 498. The van der Waals surface area contributed by atoms with E-state index in [0.29, 0.717) is 24.1 Å². The van der Waals surface area contributed by atoms with Gasteiger partial charge >= 0.3 is 0 Å². The molecule has 0 bridgehead atoms. The molecule has 0 aliphatic heterocycles. The first kappa shape index (κ1) is 11.6. The number of nitrogens with zero attached hydrogens (tertiary/aromatic N) is 3. The van der Waals surface area contributed by atoms with E-state index >= 15 is 0 Å². The number of alkyl halides is 1. The number of rotatable bonds is 4. The van der Waals surface area contributed by atoms with Crippen LogP contribution in [-0.4, -0.2) is 27.6 Å². The molecule has 4 nitrogen and oxygen atoms in total. The molecule has 86 valence electrons. The summed E-state index contributed by atoms with van der Waals surface area (Å²) in [5.41, 5.74) is 2.44. The summed E-state index contributed by atoms with van der Waals surface area (Å²) in [6.07, 6.45) is 2.32. The molecule has 2 aromatic heterocycles. The van der Waals surface area contributed by atoms with Gasteiger partial charge in [0.1, 0.15) is 5.15 Å². The van der Waals surface area contributed by atoms with E-state index in [0.717, 1.165) is 16.9 Å². The van der Waals surface area contributed by atoms with Crippen molar-refractivity contribution in [2.75, 3.05) is 13.0 Å². The van der Waals surface area contributed by atoms with Crippen molar-refractivity contribution < 1.29 is 4.74 Å². The van der Waals surface area contributed by atoms with Crippen LogP contribution in [0, 0.1) is 0 Å². The highest BCUT2D eigenvalue weighted by molar-refractivity contribution is 6.30. The van der Waals surface area contributed by atoms with E-state index in [1.54, 1.807) is 23.9 Å². The average Bonchev–Trinajstić information content (AvgIpc) is 2.72. The fraction of sp³-hybridized carbons (Fsp3) is 0.400. The molecule has 6 heteroatoms. The highest BCUT2D eigenvalue weighted by Crippen LogP contribution is 2.21. The highest BCUT2D eigenvalue weighted by atomic mass is 35.5. The first-order valence-corrected chi connectivity index (χ1v) is 5.75. The third-order valence-electron chi connectivity index (χ3n) is 2.28. The first-order chi connectivity index (χ1) is 7.77. The van der Waals surface area contributed by atoms with Crippen molar-refractivity contribution in [1.29, 1.82) is 0 Å². The van der Waals surface area contributed by atoms with Crippen LogP contribution in [0.4, 0.5) is 0 Å². The van der Waals surface area contributed by atoms with Gasteiger partial charge in [0.25, 0.3) is 0 Å². The van der Waals surface area contributed by atoms with Crippen LogP contribution in [0.1, 0.15) is 11.3 Å². The van der Waals surface area contributed by atoms with Crippen molar-refractivity contribution in [3.63, 3.8) is 0 Å². The lowest BCUT2D eigenvalue weighted by Crippen LogP contribution is -2.06. The number of hydrogen-bond acceptors (Lipinski definition) is 3. The zero-order valence-corrected chi connectivity index (χ0v) is 10.3. The van der Waals surface area contributed by atoms with Gasteiger partial charge in [0.05, 0.1) is 18.5 Å². The van der Waals surface area contributed by atoms with Crippen molar-refractivity contribution in [1.82, 2.24) is 14.6 Å². The molecule has 0 saturated heterocycles. The van der Waals surface area contributed by atoms with Gasteiger partial charge in [0.2, 0.25) is 0 Å². The number of halogens is 2. The van der Waals surface area contributed by atoms with Gasteiger partial charge in [-0.05, 0) is 6.42 Å². The van der Waals surface area contributed by atoms with Gasteiger partial charge in [0, 0.05) is 24.6 Å². The van der Waals surface area contributed by atoms with Gasteiger partial charge in [-0.2, -0.15) is 5.10 Å². The molecular weight excluding hydrogens is 249 g/mol. The van der Waals surface area contributed by atoms with E-state index in [4.69, 9.17) is 27.9 Å². The predicted octanol–water partition coefficient (Wildman–Crippen LogP) is 2.31. The van der Waals surface area contributed by atoms with Crippen LogP contribution in [0.3, 0.4) is 0 Å². The number of aromatic nitrogens is 3. The molecule has 2 heterocycles. The van der Waals surface area contributed by atoms with E-state index < -0.39 is 0 Å². The Morgan fingerprint density at radius 3 is 3.00 bits per heavy atom. The molecule has 0 N–H and O–H groups in total. The molecule has 0 amide bonds. The fourth-order valence-electron chi connectivity index (χ4n) is 1.58. The molecule has 0 unspecified atom stereocenters. The predicted molar refractivity (Wildman–Crippen MR) is 63.1 cm³/mol. The van der Waals surface area contributed by atoms with E-state index in [1.807, 2.05) is 0 Å². The second kappa shape index (κ2) is 4.99. The number of ether oxygens (including phenoxy) is 1. The van der Waals surface area contributed by atoms with Crippen LogP contribution >= 0.6 is 23.2 Å². The smallest absolute Gasteiger partial charge is 0.157 e. The molecule has 0 aliphatic rings. The summed E-state index contributed by atoms with van der Waals surface area (Å²) < 4.78 is 6.70. The van der Waals surface area contributed by atoms with E-state index in [1.165, 1.54) is 0 Å². The van der Waals surface area contributed by atoms with Gasteiger partial charge in [-0.1, -0.05) is 11.6 Å². The van der Waals surface area contributed by atoms with Gasteiger partial charge in [-0.15, -0.1) is 11.6 Å². The average molecular weight is 260 g/mol. The maximum Gasteiger partial charge on any atom is 0.157 e. The Hall–Kier alpha value is -0.840. The third-order valence-corrected chi connectivity index (χ3v) is 2.86. The van der Waals surface area contributed by atoms with Crippen LogP contribution in [0.5, 0.6) is 0 Å². The third kappa shape index (κ3) is 2.00. The number of hydrogen-bond donors (Lipinski definition) is 0. The molecule has 0 aromatic carbocycles. The van der Waals surface area contributed by atoms with Gasteiger partial charge < -0.3 is 4.74 Å². The van der Waals surface area contributed by atoms with Crippen molar-refractivity contribution in [2.45, 2.75) is 13.0 Å². The minimum absolute atomic E-state index is 0.424. The highest BCUT2D eigenvalue weighted by Gasteiger charge is 2.13. The lowest BCUT2D eigenvalue weighted by molar-refractivity contribution is 0.181. The summed E-state index contributed by atoms with van der Waals surface area (Å²) >= 11 is 12.0. The van der Waals surface area contributed by atoms with Crippen molar-refractivity contribution in [3.05, 3.63) is 28.7 Å². The molecule has 0 spiro atoms. The normalized spacial score (nSPS) is 11.2. The minimum atomic E-state index is 0.424. The van der Waals surface area contributed by atoms with Crippen molar-refractivity contribution >= 4 is 28.8 Å². The molecular formula is C10H11Cl2N3O. The van der Waals surface area contributed by atoms with Crippen molar-refractivity contribution in [3.8, 4) is 0 Å². The Balaban J connectivity index is 2.60. The standard InChI is InChI=1S/C10H11Cl2N3O/c1-16-6-8-7(2-4-11)10(12)15-9(14-8)3-5-13-15/h3,5H,2,4,6H2,1H3. The molecule has 0 atom stereocenters. The second-order valence-corrected chi connectivity index (χ2v) is 4.04. The Labute approximate surface area is 103 Å². The summed E-state index contributed by atoms with van der Waals surface area (Å²) in [7, 11) is 1.63. The minimum Gasteiger partial charge on any atom is -0.378 e. The zero-order valence-electron chi connectivity index (χ0n) is 8.78. The SMILES string of the molecule is COCc1nc2ccnn2c(Cl)c1CCCl. The molecule has 0 aliphatic carbocycles. The summed E-state index contributed by atoms with van der Waals surface area (Å²) in [5, 5.41) is 4.66. The summed E-state index contributed by atoms with van der Waals surface area (Å²) in [6, 6.07) is 1.80. The lowest BCUT2D eigenvalue weighted by atomic mass is 10.2. The summed E-state index contributed by atoms with van der Waals surface area (Å²) in [4.78, 5) is 4.44.